The molecule has 0 amide bonds. The van der Waals surface area contributed by atoms with E-state index < -0.39 is 5.60 Å². The fraction of sp³-hybridized carbons (Fsp3) is 0.316. The molecule has 3 aliphatic rings. The summed E-state index contributed by atoms with van der Waals surface area (Å²) in [4.78, 5) is 12.7. The largest absolute Gasteiger partial charge is 0.496 e. The lowest BCUT2D eigenvalue weighted by atomic mass is 9.96. The molecule has 4 heteroatoms. The van der Waals surface area contributed by atoms with Crippen LogP contribution in [0.4, 0.5) is 0 Å². The summed E-state index contributed by atoms with van der Waals surface area (Å²) in [7, 11) is 1.66. The molecule has 4 nitrogen and oxygen atoms in total. The molecular formula is C19H16O4. The third-order valence-electron chi connectivity index (χ3n) is 5.11. The normalized spacial score (nSPS) is 33.6. The molecule has 2 fully saturated rings. The van der Waals surface area contributed by atoms with Crippen LogP contribution in [0.5, 0.6) is 5.75 Å². The molecule has 0 radical (unpaired) electrons. The van der Waals surface area contributed by atoms with Crippen LogP contribution >= 0.6 is 0 Å². The molecule has 2 aromatic rings. The molecule has 0 bridgehead atoms. The lowest BCUT2D eigenvalue weighted by Crippen LogP contribution is -2.25. The van der Waals surface area contributed by atoms with Gasteiger partial charge in [-0.1, -0.05) is 42.5 Å². The van der Waals surface area contributed by atoms with Gasteiger partial charge in [-0.05, 0) is 11.6 Å². The molecule has 2 aliphatic heterocycles. The molecule has 116 valence electrons. The number of hydrogen-bond donors (Lipinski definition) is 0. The summed E-state index contributed by atoms with van der Waals surface area (Å²) >= 11 is 0. The summed E-state index contributed by atoms with van der Waals surface area (Å²) in [6.45, 7) is 0. The number of Topliss-reactive ketones (excluding diaryl/α,β-unsaturated/α-hetero) is 1. The number of epoxide rings is 2. The third-order valence-corrected chi connectivity index (χ3v) is 5.11. The van der Waals surface area contributed by atoms with E-state index in [1.165, 1.54) is 0 Å². The third kappa shape index (κ3) is 1.76. The number of hydrogen-bond acceptors (Lipinski definition) is 4. The number of benzene rings is 2. The van der Waals surface area contributed by atoms with E-state index in [2.05, 4.69) is 0 Å². The molecule has 1 aliphatic carbocycles. The van der Waals surface area contributed by atoms with Crippen LogP contribution in [0.2, 0.25) is 0 Å². The Hall–Kier alpha value is -2.17. The molecule has 0 unspecified atom stereocenters. The van der Waals surface area contributed by atoms with Gasteiger partial charge in [-0.3, -0.25) is 4.79 Å². The SMILES string of the molecule is COc1ccccc1[C@@H]1O[C@H]1[C@@H]1O[C@]12Cc1ccccc1C2=O. The van der Waals surface area contributed by atoms with Crippen LogP contribution in [0.15, 0.2) is 48.5 Å². The van der Waals surface area contributed by atoms with Gasteiger partial charge in [-0.2, -0.15) is 0 Å². The highest BCUT2D eigenvalue weighted by atomic mass is 16.7. The Morgan fingerprint density at radius 2 is 1.91 bits per heavy atom. The first-order valence-corrected chi connectivity index (χ1v) is 7.83. The minimum atomic E-state index is -0.689. The van der Waals surface area contributed by atoms with E-state index in [-0.39, 0.29) is 24.1 Å². The average molecular weight is 308 g/mol. The fourth-order valence-electron chi connectivity index (χ4n) is 3.84. The van der Waals surface area contributed by atoms with Crippen LogP contribution < -0.4 is 4.74 Å². The van der Waals surface area contributed by atoms with Crippen molar-refractivity contribution in [3.05, 3.63) is 65.2 Å². The predicted octanol–water partition coefficient (Wildman–Crippen LogP) is 2.71. The summed E-state index contributed by atoms with van der Waals surface area (Å²) in [6.07, 6.45) is 0.388. The van der Waals surface area contributed by atoms with Gasteiger partial charge in [0.2, 0.25) is 0 Å². The number of fused-ring (bicyclic) bond motifs is 1. The molecular weight excluding hydrogens is 292 g/mol. The molecule has 23 heavy (non-hydrogen) atoms. The van der Waals surface area contributed by atoms with E-state index in [9.17, 15) is 4.79 Å². The topological polar surface area (TPSA) is 51.4 Å². The van der Waals surface area contributed by atoms with Gasteiger partial charge in [0.05, 0.1) is 7.11 Å². The van der Waals surface area contributed by atoms with Gasteiger partial charge >= 0.3 is 0 Å². The van der Waals surface area contributed by atoms with E-state index in [0.717, 1.165) is 22.4 Å². The lowest BCUT2D eigenvalue weighted by Gasteiger charge is -2.04. The number of para-hydroxylation sites is 1. The van der Waals surface area contributed by atoms with E-state index >= 15 is 0 Å². The Labute approximate surface area is 134 Å². The van der Waals surface area contributed by atoms with Crippen LogP contribution in [-0.2, 0) is 15.9 Å². The maximum atomic E-state index is 12.7. The van der Waals surface area contributed by atoms with Crippen LogP contribution in [0.3, 0.4) is 0 Å². The van der Waals surface area contributed by atoms with E-state index in [1.807, 2.05) is 48.5 Å². The molecule has 5 rings (SSSR count). The van der Waals surface area contributed by atoms with Gasteiger partial charge in [0.1, 0.15) is 24.1 Å². The first kappa shape index (κ1) is 13.3. The second kappa shape index (κ2) is 4.43. The number of methoxy groups -OCH3 is 1. The summed E-state index contributed by atoms with van der Waals surface area (Å²) in [5.41, 5.74) is 2.21. The molecule has 0 aromatic heterocycles. The van der Waals surface area contributed by atoms with E-state index in [4.69, 9.17) is 14.2 Å². The van der Waals surface area contributed by atoms with E-state index in [1.54, 1.807) is 7.11 Å². The zero-order valence-electron chi connectivity index (χ0n) is 12.7. The van der Waals surface area contributed by atoms with Gasteiger partial charge in [-0.25, -0.2) is 0 Å². The molecule has 0 N–H and O–H groups in total. The maximum Gasteiger partial charge on any atom is 0.198 e. The van der Waals surface area contributed by atoms with Crippen molar-refractivity contribution in [3.8, 4) is 5.75 Å². The molecule has 2 heterocycles. The standard InChI is InChI=1S/C19H16O4/c1-21-14-9-5-4-8-13(14)15-16(22-15)18-19(23-18)10-11-6-2-3-7-12(11)17(19)20/h2-9,15-16,18H,10H2,1H3/t15-,16+,18-,19-/m0/s1. The van der Waals surface area contributed by atoms with Crippen LogP contribution in [0.1, 0.15) is 27.6 Å². The Kier molecular flexibility index (Phi) is 2.56. The van der Waals surface area contributed by atoms with Crippen molar-refractivity contribution in [2.45, 2.75) is 30.3 Å². The molecule has 2 saturated heterocycles. The zero-order chi connectivity index (χ0) is 15.6. The Morgan fingerprint density at radius 1 is 1.13 bits per heavy atom. The Morgan fingerprint density at radius 3 is 2.74 bits per heavy atom. The smallest absolute Gasteiger partial charge is 0.198 e. The van der Waals surface area contributed by atoms with Crippen molar-refractivity contribution in [1.82, 2.24) is 0 Å². The van der Waals surface area contributed by atoms with E-state index in [0.29, 0.717) is 6.42 Å². The summed E-state index contributed by atoms with van der Waals surface area (Å²) in [6, 6.07) is 15.6. The van der Waals surface area contributed by atoms with Gasteiger partial charge in [0.25, 0.3) is 0 Å². The second-order valence-electron chi connectivity index (χ2n) is 6.35. The van der Waals surface area contributed by atoms with Gasteiger partial charge in [0, 0.05) is 17.5 Å². The molecule has 1 spiro atoms. The molecule has 0 saturated carbocycles. The highest BCUT2D eigenvalue weighted by Gasteiger charge is 2.73. The minimum absolute atomic E-state index is 0.0490. The minimum Gasteiger partial charge on any atom is -0.496 e. The van der Waals surface area contributed by atoms with Gasteiger partial charge < -0.3 is 14.2 Å². The Balaban J connectivity index is 1.38. The number of rotatable bonds is 3. The van der Waals surface area contributed by atoms with Crippen LogP contribution in [0.25, 0.3) is 0 Å². The maximum absolute atomic E-state index is 12.7. The van der Waals surface area contributed by atoms with Gasteiger partial charge in [0.15, 0.2) is 11.4 Å². The highest BCUT2D eigenvalue weighted by Crippen LogP contribution is 2.58. The molecule has 4 atom stereocenters. The lowest BCUT2D eigenvalue weighted by molar-refractivity contribution is 0.0894. The first-order chi connectivity index (χ1) is 11.2. The first-order valence-electron chi connectivity index (χ1n) is 7.83. The van der Waals surface area contributed by atoms with Crippen molar-refractivity contribution < 1.29 is 19.0 Å². The van der Waals surface area contributed by atoms with Gasteiger partial charge in [-0.15, -0.1) is 0 Å². The van der Waals surface area contributed by atoms with Crippen molar-refractivity contribution in [2.75, 3.05) is 7.11 Å². The predicted molar refractivity (Wildman–Crippen MR) is 82.7 cm³/mol. The van der Waals surface area contributed by atoms with Crippen molar-refractivity contribution in [1.29, 1.82) is 0 Å². The van der Waals surface area contributed by atoms with Crippen molar-refractivity contribution in [2.24, 2.45) is 0 Å². The zero-order valence-corrected chi connectivity index (χ0v) is 12.7. The number of carbonyl (C=O) groups is 1. The summed E-state index contributed by atoms with van der Waals surface area (Å²) < 4.78 is 17.1. The number of ether oxygens (including phenoxy) is 3. The average Bonchev–Trinajstić information content (AvgIpc) is 3.47. The molecule has 2 aromatic carbocycles. The quantitative estimate of drug-likeness (QED) is 0.818. The monoisotopic (exact) mass is 308 g/mol. The van der Waals surface area contributed by atoms with Crippen molar-refractivity contribution >= 4 is 5.78 Å². The van der Waals surface area contributed by atoms with Crippen LogP contribution in [-0.4, -0.2) is 30.7 Å². The fourth-order valence-corrected chi connectivity index (χ4v) is 3.84. The number of carbonyl (C=O) groups excluding carboxylic acids is 1. The van der Waals surface area contributed by atoms with Crippen LogP contribution in [0, 0.1) is 0 Å². The summed E-state index contributed by atoms with van der Waals surface area (Å²) in [5, 5.41) is 0. The summed E-state index contributed by atoms with van der Waals surface area (Å²) in [5.74, 6) is 0.920. The van der Waals surface area contributed by atoms with Crippen molar-refractivity contribution in [3.63, 3.8) is 0 Å². The highest BCUT2D eigenvalue weighted by molar-refractivity contribution is 6.09. The second-order valence-corrected chi connectivity index (χ2v) is 6.35. The number of ketones is 1. The Bertz CT molecular complexity index is 815.